The highest BCUT2D eigenvalue weighted by Crippen LogP contribution is 2.01. The first-order chi connectivity index (χ1) is 3.13. The van der Waals surface area contributed by atoms with E-state index in [1.807, 2.05) is 0 Å². The van der Waals surface area contributed by atoms with Crippen molar-refractivity contribution < 1.29 is 9.53 Å². The Balaban J connectivity index is 3.13. The lowest BCUT2D eigenvalue weighted by Gasteiger charge is -1.98. The summed E-state index contributed by atoms with van der Waals surface area (Å²) in [5.74, 6) is 0. The van der Waals surface area contributed by atoms with Crippen LogP contribution in [0.1, 0.15) is 6.92 Å². The molecule has 0 aliphatic rings. The number of carbonyl (C=O) groups excluding carboxylic acids is 1. The van der Waals surface area contributed by atoms with E-state index in [9.17, 15) is 4.79 Å². The van der Waals surface area contributed by atoms with Gasteiger partial charge >= 0.3 is 5.30 Å². The quantitative estimate of drug-likeness (QED) is 0.383. The van der Waals surface area contributed by atoms with Crippen LogP contribution in [0.25, 0.3) is 0 Å². The van der Waals surface area contributed by atoms with Crippen LogP contribution in [0.4, 0.5) is 4.79 Å². The number of ether oxygens (including phenoxy) is 1. The summed E-state index contributed by atoms with van der Waals surface area (Å²) in [4.78, 5) is 9.87. The molecule has 0 amide bonds. The minimum absolute atomic E-state index is 0.238. The summed E-state index contributed by atoms with van der Waals surface area (Å²) >= 11 is 6.33. The van der Waals surface area contributed by atoms with E-state index in [4.69, 9.17) is 0 Å². The van der Waals surface area contributed by atoms with Gasteiger partial charge in [0.25, 0.3) is 0 Å². The van der Waals surface area contributed by atoms with E-state index in [-0.39, 0.29) is 5.01 Å². The predicted molar refractivity (Wildman–Crippen MR) is 33.9 cm³/mol. The van der Waals surface area contributed by atoms with Gasteiger partial charge in [-0.05, 0) is 22.9 Å². The van der Waals surface area contributed by atoms with Gasteiger partial charge in [-0.2, -0.15) is 0 Å². The molecule has 0 saturated heterocycles. The summed E-state index contributed by atoms with van der Waals surface area (Å²) < 4.78 is 4.39. The van der Waals surface area contributed by atoms with E-state index >= 15 is 0 Å². The lowest BCUT2D eigenvalue weighted by molar-refractivity contribution is 0.173. The standard InChI is InChI=1S/C3H5BrO2S/c1-2(4)6-3(5)7/h2H,1H3,(H,5,7). The van der Waals surface area contributed by atoms with Crippen LogP contribution in [0.2, 0.25) is 0 Å². The van der Waals surface area contributed by atoms with E-state index in [0.717, 1.165) is 0 Å². The third-order valence-electron chi connectivity index (χ3n) is 0.263. The Morgan fingerprint density at radius 3 is 2.43 bits per heavy atom. The molecule has 0 aromatic heterocycles. The predicted octanol–water partition coefficient (Wildman–Crippen LogP) is 1.79. The molecule has 0 heterocycles. The van der Waals surface area contributed by atoms with Gasteiger partial charge in [0.05, 0.1) is 0 Å². The zero-order valence-corrected chi connectivity index (χ0v) is 6.20. The minimum atomic E-state index is -0.565. The number of hydrogen-bond donors (Lipinski definition) is 1. The molecule has 4 heteroatoms. The van der Waals surface area contributed by atoms with Crippen molar-refractivity contribution in [2.24, 2.45) is 0 Å². The lowest BCUT2D eigenvalue weighted by Crippen LogP contribution is -1.99. The van der Waals surface area contributed by atoms with E-state index in [2.05, 4.69) is 33.3 Å². The Hall–Kier alpha value is 0.300. The molecule has 0 spiro atoms. The summed E-state index contributed by atoms with van der Waals surface area (Å²) in [7, 11) is 0. The first kappa shape index (κ1) is 7.30. The second kappa shape index (κ2) is 3.32. The maximum absolute atomic E-state index is 9.87. The van der Waals surface area contributed by atoms with Gasteiger partial charge in [-0.25, -0.2) is 4.79 Å². The summed E-state index contributed by atoms with van der Waals surface area (Å²) in [5.41, 5.74) is 0. The second-order valence-electron chi connectivity index (χ2n) is 0.927. The molecule has 0 aromatic carbocycles. The third kappa shape index (κ3) is 6.30. The number of alkyl halides is 1. The Morgan fingerprint density at radius 2 is 2.43 bits per heavy atom. The van der Waals surface area contributed by atoms with Crippen LogP contribution < -0.4 is 0 Å². The van der Waals surface area contributed by atoms with E-state index < -0.39 is 5.30 Å². The molecule has 1 atom stereocenters. The van der Waals surface area contributed by atoms with Crippen LogP contribution >= 0.6 is 28.6 Å². The first-order valence-corrected chi connectivity index (χ1v) is 3.03. The molecule has 0 fully saturated rings. The number of carbonyl (C=O) groups is 1. The summed E-state index contributed by atoms with van der Waals surface area (Å²) in [5, 5.41) is -0.804. The first-order valence-electron chi connectivity index (χ1n) is 1.66. The third-order valence-corrected chi connectivity index (χ3v) is 0.556. The van der Waals surface area contributed by atoms with Crippen molar-refractivity contribution in [3.05, 3.63) is 0 Å². The molecule has 0 radical (unpaired) electrons. The molecule has 7 heavy (non-hydrogen) atoms. The fourth-order valence-corrected chi connectivity index (χ4v) is 0.611. The molecular formula is C3H5BrO2S. The van der Waals surface area contributed by atoms with E-state index in [1.165, 1.54) is 0 Å². The summed E-state index contributed by atoms with van der Waals surface area (Å²) in [6.07, 6.45) is 0. The van der Waals surface area contributed by atoms with Crippen molar-refractivity contribution in [2.45, 2.75) is 11.9 Å². The van der Waals surface area contributed by atoms with Crippen LogP contribution in [0.3, 0.4) is 0 Å². The Bertz CT molecular complexity index is 73.3. The highest BCUT2D eigenvalue weighted by Gasteiger charge is 1.96. The summed E-state index contributed by atoms with van der Waals surface area (Å²) in [6.45, 7) is 1.69. The molecular weight excluding hydrogens is 180 g/mol. The van der Waals surface area contributed by atoms with Crippen LogP contribution in [-0.2, 0) is 4.74 Å². The summed E-state index contributed by atoms with van der Waals surface area (Å²) in [6, 6.07) is 0. The number of hydrogen-bond acceptors (Lipinski definition) is 2. The van der Waals surface area contributed by atoms with E-state index in [1.54, 1.807) is 6.92 Å². The smallest absolute Gasteiger partial charge is 0.365 e. The molecule has 2 nitrogen and oxygen atoms in total. The molecule has 0 bridgehead atoms. The fourth-order valence-electron chi connectivity index (χ4n) is 0.139. The molecule has 42 valence electrons. The van der Waals surface area contributed by atoms with Crippen molar-refractivity contribution in [2.75, 3.05) is 0 Å². The largest absolute Gasteiger partial charge is 0.443 e. The minimum Gasteiger partial charge on any atom is -0.443 e. The lowest BCUT2D eigenvalue weighted by atomic mass is 10.9. The van der Waals surface area contributed by atoms with Crippen molar-refractivity contribution >= 4 is 33.9 Å². The zero-order valence-electron chi connectivity index (χ0n) is 3.72. The molecule has 0 N–H and O–H groups in total. The SMILES string of the molecule is CC(Br)OC(=O)S. The van der Waals surface area contributed by atoms with Crippen molar-refractivity contribution in [1.82, 2.24) is 0 Å². The van der Waals surface area contributed by atoms with Gasteiger partial charge in [-0.15, -0.1) is 0 Å². The normalized spacial score (nSPS) is 13.0. The maximum Gasteiger partial charge on any atom is 0.365 e. The zero-order chi connectivity index (χ0) is 5.86. The number of halogens is 1. The Kier molecular flexibility index (Phi) is 3.46. The Morgan fingerprint density at radius 1 is 2.00 bits per heavy atom. The van der Waals surface area contributed by atoms with Gasteiger partial charge in [0.2, 0.25) is 0 Å². The highest BCUT2D eigenvalue weighted by atomic mass is 79.9. The van der Waals surface area contributed by atoms with Gasteiger partial charge in [0.15, 0.2) is 5.01 Å². The fraction of sp³-hybridized carbons (Fsp3) is 0.667. The molecule has 0 aliphatic carbocycles. The van der Waals surface area contributed by atoms with Gasteiger partial charge < -0.3 is 4.74 Å². The van der Waals surface area contributed by atoms with Gasteiger partial charge in [-0.1, -0.05) is 12.6 Å². The second-order valence-corrected chi connectivity index (χ2v) is 2.58. The molecule has 1 unspecified atom stereocenters. The molecule has 0 saturated carbocycles. The average Bonchev–Trinajstić information content (AvgIpc) is 1.27. The number of rotatable bonds is 1. The Labute approximate surface area is 55.8 Å². The van der Waals surface area contributed by atoms with Crippen molar-refractivity contribution in [3.63, 3.8) is 0 Å². The van der Waals surface area contributed by atoms with E-state index in [0.29, 0.717) is 0 Å². The maximum atomic E-state index is 9.87. The van der Waals surface area contributed by atoms with Gasteiger partial charge in [0.1, 0.15) is 0 Å². The topological polar surface area (TPSA) is 26.3 Å². The van der Waals surface area contributed by atoms with Crippen LogP contribution in [-0.4, -0.2) is 10.3 Å². The highest BCUT2D eigenvalue weighted by molar-refractivity contribution is 9.09. The van der Waals surface area contributed by atoms with Crippen molar-refractivity contribution in [1.29, 1.82) is 0 Å². The average molecular weight is 185 g/mol. The van der Waals surface area contributed by atoms with Gasteiger partial charge in [0, 0.05) is 0 Å². The van der Waals surface area contributed by atoms with Gasteiger partial charge in [-0.3, -0.25) is 0 Å². The van der Waals surface area contributed by atoms with Crippen LogP contribution in [0, 0.1) is 0 Å². The molecule has 0 aliphatic heterocycles. The van der Waals surface area contributed by atoms with Crippen molar-refractivity contribution in [3.8, 4) is 0 Å². The monoisotopic (exact) mass is 184 g/mol. The molecule has 0 aromatic rings. The number of thiol groups is 1. The van der Waals surface area contributed by atoms with Crippen LogP contribution in [0.5, 0.6) is 0 Å². The molecule has 0 rings (SSSR count). The van der Waals surface area contributed by atoms with Crippen LogP contribution in [0.15, 0.2) is 0 Å².